The van der Waals surface area contributed by atoms with Crippen LogP contribution in [0.25, 0.3) is 0 Å². The number of rotatable bonds is 4. The van der Waals surface area contributed by atoms with Gasteiger partial charge in [-0.15, -0.1) is 0 Å². The molecule has 0 spiro atoms. The topological polar surface area (TPSA) is 57.6 Å². The van der Waals surface area contributed by atoms with Crippen molar-refractivity contribution in [3.63, 3.8) is 0 Å². The van der Waals surface area contributed by atoms with Gasteiger partial charge in [-0.1, -0.05) is 18.2 Å². The van der Waals surface area contributed by atoms with Gasteiger partial charge in [-0.25, -0.2) is 4.79 Å². The van der Waals surface area contributed by atoms with Crippen LogP contribution in [-0.4, -0.2) is 34.5 Å². The SMILES string of the molecule is CC1CCCN1C(=O)CCc1ccccc1C(=O)O. The molecule has 1 unspecified atom stereocenters. The molecule has 1 saturated heterocycles. The quantitative estimate of drug-likeness (QED) is 0.905. The van der Waals surface area contributed by atoms with Gasteiger partial charge in [0, 0.05) is 19.0 Å². The molecule has 1 aromatic carbocycles. The Labute approximate surface area is 113 Å². The summed E-state index contributed by atoms with van der Waals surface area (Å²) in [6.07, 6.45) is 3.01. The summed E-state index contributed by atoms with van der Waals surface area (Å²) in [4.78, 5) is 25.1. The molecule has 1 fully saturated rings. The minimum atomic E-state index is -0.933. The van der Waals surface area contributed by atoms with Gasteiger partial charge in [0.15, 0.2) is 0 Å². The van der Waals surface area contributed by atoms with E-state index in [9.17, 15) is 9.59 Å². The van der Waals surface area contributed by atoms with Crippen LogP contribution in [0.5, 0.6) is 0 Å². The zero-order chi connectivity index (χ0) is 13.8. The summed E-state index contributed by atoms with van der Waals surface area (Å²) in [6, 6.07) is 7.20. The van der Waals surface area contributed by atoms with Gasteiger partial charge in [-0.05, 0) is 37.8 Å². The minimum absolute atomic E-state index is 0.130. The third-order valence-electron chi connectivity index (χ3n) is 3.73. The highest BCUT2D eigenvalue weighted by atomic mass is 16.4. The number of hydrogen-bond donors (Lipinski definition) is 1. The molecule has 4 nitrogen and oxygen atoms in total. The van der Waals surface area contributed by atoms with Crippen molar-refractivity contribution in [2.75, 3.05) is 6.54 Å². The summed E-state index contributed by atoms with van der Waals surface area (Å²) in [6.45, 7) is 2.90. The molecule has 0 aromatic heterocycles. The zero-order valence-electron chi connectivity index (χ0n) is 11.1. The van der Waals surface area contributed by atoms with Gasteiger partial charge in [-0.2, -0.15) is 0 Å². The van der Waals surface area contributed by atoms with Crippen LogP contribution < -0.4 is 0 Å². The molecule has 0 saturated carbocycles. The first-order valence-electron chi connectivity index (χ1n) is 6.70. The van der Waals surface area contributed by atoms with Crippen LogP contribution in [0.2, 0.25) is 0 Å². The average Bonchev–Trinajstić information content (AvgIpc) is 2.82. The van der Waals surface area contributed by atoms with E-state index >= 15 is 0 Å². The third kappa shape index (κ3) is 3.13. The van der Waals surface area contributed by atoms with Gasteiger partial charge in [0.2, 0.25) is 5.91 Å². The Morgan fingerprint density at radius 1 is 1.37 bits per heavy atom. The fourth-order valence-electron chi connectivity index (χ4n) is 2.64. The highest BCUT2D eigenvalue weighted by Gasteiger charge is 2.24. The van der Waals surface area contributed by atoms with Crippen LogP contribution in [-0.2, 0) is 11.2 Å². The van der Waals surface area contributed by atoms with E-state index in [1.54, 1.807) is 18.2 Å². The second-order valence-electron chi connectivity index (χ2n) is 5.04. The van der Waals surface area contributed by atoms with E-state index in [1.807, 2.05) is 11.0 Å². The van der Waals surface area contributed by atoms with E-state index in [0.29, 0.717) is 24.4 Å². The highest BCUT2D eigenvalue weighted by Crippen LogP contribution is 2.19. The number of benzene rings is 1. The molecule has 4 heteroatoms. The Kier molecular flexibility index (Phi) is 4.20. The maximum atomic E-state index is 12.1. The second kappa shape index (κ2) is 5.87. The van der Waals surface area contributed by atoms with Crippen molar-refractivity contribution in [2.45, 2.75) is 38.6 Å². The number of carbonyl (C=O) groups is 2. The summed E-state index contributed by atoms with van der Waals surface area (Å²) in [7, 11) is 0. The first kappa shape index (κ1) is 13.6. The number of carbonyl (C=O) groups excluding carboxylic acids is 1. The largest absolute Gasteiger partial charge is 0.478 e. The first-order chi connectivity index (χ1) is 9.09. The zero-order valence-corrected chi connectivity index (χ0v) is 11.1. The number of carboxylic acid groups (broad SMARTS) is 1. The molecule has 1 amide bonds. The average molecular weight is 261 g/mol. The monoisotopic (exact) mass is 261 g/mol. The maximum Gasteiger partial charge on any atom is 0.335 e. The lowest BCUT2D eigenvalue weighted by atomic mass is 10.0. The van der Waals surface area contributed by atoms with Gasteiger partial charge < -0.3 is 10.0 Å². The number of hydrogen-bond acceptors (Lipinski definition) is 2. The molecule has 1 aliphatic rings. The van der Waals surface area contributed by atoms with Gasteiger partial charge in [0.05, 0.1) is 5.56 Å². The maximum absolute atomic E-state index is 12.1. The number of amides is 1. The molecule has 1 aromatic rings. The molecule has 19 heavy (non-hydrogen) atoms. The van der Waals surface area contributed by atoms with Crippen LogP contribution in [0.1, 0.15) is 42.1 Å². The van der Waals surface area contributed by atoms with Crippen LogP contribution >= 0.6 is 0 Å². The van der Waals surface area contributed by atoms with Crippen molar-refractivity contribution in [3.8, 4) is 0 Å². The Morgan fingerprint density at radius 2 is 2.11 bits per heavy atom. The molecule has 2 rings (SSSR count). The smallest absolute Gasteiger partial charge is 0.335 e. The number of aromatic carboxylic acids is 1. The highest BCUT2D eigenvalue weighted by molar-refractivity contribution is 5.89. The van der Waals surface area contributed by atoms with Crippen molar-refractivity contribution >= 4 is 11.9 Å². The summed E-state index contributed by atoms with van der Waals surface area (Å²) in [5, 5.41) is 9.09. The summed E-state index contributed by atoms with van der Waals surface area (Å²) >= 11 is 0. The van der Waals surface area contributed by atoms with Gasteiger partial charge in [-0.3, -0.25) is 4.79 Å². The van der Waals surface area contributed by atoms with Crippen molar-refractivity contribution in [1.29, 1.82) is 0 Å². The van der Waals surface area contributed by atoms with Crippen LogP contribution in [0.3, 0.4) is 0 Å². The number of likely N-dealkylation sites (tertiary alicyclic amines) is 1. The van der Waals surface area contributed by atoms with Gasteiger partial charge in [0.1, 0.15) is 0 Å². The Bertz CT molecular complexity index is 484. The lowest BCUT2D eigenvalue weighted by Crippen LogP contribution is -2.33. The lowest BCUT2D eigenvalue weighted by Gasteiger charge is -2.21. The predicted molar refractivity (Wildman–Crippen MR) is 72.1 cm³/mol. The molecule has 1 aliphatic heterocycles. The molecular weight excluding hydrogens is 242 g/mol. The minimum Gasteiger partial charge on any atom is -0.478 e. The van der Waals surface area contributed by atoms with E-state index in [1.165, 1.54) is 0 Å². The van der Waals surface area contributed by atoms with Crippen molar-refractivity contribution in [3.05, 3.63) is 35.4 Å². The van der Waals surface area contributed by atoms with E-state index in [2.05, 4.69) is 6.92 Å². The molecular formula is C15H19NO3. The van der Waals surface area contributed by atoms with E-state index in [-0.39, 0.29) is 5.91 Å². The molecule has 1 atom stereocenters. The third-order valence-corrected chi connectivity index (χ3v) is 3.73. The molecule has 1 N–H and O–H groups in total. The normalized spacial score (nSPS) is 18.6. The van der Waals surface area contributed by atoms with Crippen molar-refractivity contribution in [2.24, 2.45) is 0 Å². The fourth-order valence-corrected chi connectivity index (χ4v) is 2.64. The molecule has 0 aliphatic carbocycles. The van der Waals surface area contributed by atoms with E-state index < -0.39 is 5.97 Å². The van der Waals surface area contributed by atoms with Crippen molar-refractivity contribution in [1.82, 2.24) is 4.90 Å². The standard InChI is InChI=1S/C15H19NO3/c1-11-5-4-10-16(11)14(17)9-8-12-6-2-3-7-13(12)15(18)19/h2-3,6-7,11H,4-5,8-10H2,1H3,(H,18,19). The van der Waals surface area contributed by atoms with E-state index in [4.69, 9.17) is 5.11 Å². The van der Waals surface area contributed by atoms with Gasteiger partial charge in [0.25, 0.3) is 0 Å². The fraction of sp³-hybridized carbons (Fsp3) is 0.467. The number of nitrogens with zero attached hydrogens (tertiary/aromatic N) is 1. The lowest BCUT2D eigenvalue weighted by molar-refractivity contribution is -0.131. The molecule has 102 valence electrons. The van der Waals surface area contributed by atoms with Crippen LogP contribution in [0.4, 0.5) is 0 Å². The molecule has 0 radical (unpaired) electrons. The Balaban J connectivity index is 1.99. The van der Waals surface area contributed by atoms with Crippen LogP contribution in [0, 0.1) is 0 Å². The summed E-state index contributed by atoms with van der Waals surface area (Å²) in [5.41, 5.74) is 1.03. The summed E-state index contributed by atoms with van der Waals surface area (Å²) < 4.78 is 0. The Hall–Kier alpha value is -1.84. The predicted octanol–water partition coefficient (Wildman–Crippen LogP) is 2.33. The Morgan fingerprint density at radius 3 is 2.74 bits per heavy atom. The second-order valence-corrected chi connectivity index (χ2v) is 5.04. The van der Waals surface area contributed by atoms with Crippen LogP contribution in [0.15, 0.2) is 24.3 Å². The first-order valence-corrected chi connectivity index (χ1v) is 6.70. The number of carboxylic acids is 1. The van der Waals surface area contributed by atoms with E-state index in [0.717, 1.165) is 24.9 Å². The molecule has 0 bridgehead atoms. The summed E-state index contributed by atoms with van der Waals surface area (Å²) in [5.74, 6) is -0.803. The number of aryl methyl sites for hydroxylation is 1. The van der Waals surface area contributed by atoms with Gasteiger partial charge >= 0.3 is 5.97 Å². The van der Waals surface area contributed by atoms with Crippen molar-refractivity contribution < 1.29 is 14.7 Å². The molecule has 1 heterocycles.